The lowest BCUT2D eigenvalue weighted by Gasteiger charge is -2.34. The SMILES string of the molecule is CCC1CN(CC(=O)NCc2cccc(Cl)c2)c2ccccc2S1. The largest absolute Gasteiger partial charge is 0.360 e. The molecular formula is C19H21ClN2OS. The molecule has 0 saturated heterocycles. The molecule has 3 nitrogen and oxygen atoms in total. The van der Waals surface area contributed by atoms with Crippen LogP contribution in [0.15, 0.2) is 53.4 Å². The number of anilines is 1. The first-order valence-corrected chi connectivity index (χ1v) is 9.43. The molecule has 0 fully saturated rings. The Bertz CT molecular complexity index is 722. The van der Waals surface area contributed by atoms with Gasteiger partial charge < -0.3 is 10.2 Å². The molecule has 1 N–H and O–H groups in total. The van der Waals surface area contributed by atoms with Crippen molar-refractivity contribution in [2.75, 3.05) is 18.0 Å². The average molecular weight is 361 g/mol. The second kappa shape index (κ2) is 7.95. The number of carbonyl (C=O) groups is 1. The average Bonchev–Trinajstić information content (AvgIpc) is 2.60. The third-order valence-corrected chi connectivity index (χ3v) is 5.74. The fourth-order valence-electron chi connectivity index (χ4n) is 2.82. The van der Waals surface area contributed by atoms with Gasteiger partial charge in [0.1, 0.15) is 0 Å². The topological polar surface area (TPSA) is 32.3 Å². The highest BCUT2D eigenvalue weighted by molar-refractivity contribution is 8.00. The Morgan fingerprint density at radius 1 is 1.29 bits per heavy atom. The summed E-state index contributed by atoms with van der Waals surface area (Å²) in [6.45, 7) is 3.99. The van der Waals surface area contributed by atoms with Gasteiger partial charge in [-0.15, -0.1) is 11.8 Å². The highest BCUT2D eigenvalue weighted by Crippen LogP contribution is 2.39. The summed E-state index contributed by atoms with van der Waals surface area (Å²) in [5.41, 5.74) is 2.17. The number of para-hydroxylation sites is 1. The van der Waals surface area contributed by atoms with Gasteiger partial charge in [0.15, 0.2) is 0 Å². The van der Waals surface area contributed by atoms with Gasteiger partial charge in [-0.3, -0.25) is 4.79 Å². The van der Waals surface area contributed by atoms with Gasteiger partial charge in [0.25, 0.3) is 0 Å². The Kier molecular flexibility index (Phi) is 5.69. The van der Waals surface area contributed by atoms with Crippen molar-refractivity contribution in [3.05, 3.63) is 59.1 Å². The zero-order valence-electron chi connectivity index (χ0n) is 13.7. The van der Waals surface area contributed by atoms with Crippen molar-refractivity contribution in [1.29, 1.82) is 0 Å². The standard InChI is InChI=1S/C19H21ClN2OS/c1-2-16-12-22(17-8-3-4-9-18(17)24-16)13-19(23)21-11-14-6-5-7-15(20)10-14/h3-10,16H,2,11-13H2,1H3,(H,21,23). The maximum Gasteiger partial charge on any atom is 0.239 e. The smallest absolute Gasteiger partial charge is 0.239 e. The Balaban J connectivity index is 1.63. The first-order valence-electron chi connectivity index (χ1n) is 8.17. The minimum absolute atomic E-state index is 0.0338. The molecule has 2 aromatic carbocycles. The predicted octanol–water partition coefficient (Wildman–Crippen LogP) is 4.35. The highest BCUT2D eigenvalue weighted by Gasteiger charge is 2.25. The molecule has 126 valence electrons. The van der Waals surface area contributed by atoms with E-state index in [-0.39, 0.29) is 5.91 Å². The second-order valence-electron chi connectivity index (χ2n) is 5.90. The number of hydrogen-bond donors (Lipinski definition) is 1. The Morgan fingerprint density at radius 2 is 2.12 bits per heavy atom. The molecule has 5 heteroatoms. The van der Waals surface area contributed by atoms with Crippen molar-refractivity contribution >= 4 is 35.0 Å². The molecule has 0 aromatic heterocycles. The molecule has 1 unspecified atom stereocenters. The van der Waals surface area contributed by atoms with E-state index < -0.39 is 0 Å². The van der Waals surface area contributed by atoms with Gasteiger partial charge in [-0.25, -0.2) is 0 Å². The molecule has 2 aromatic rings. The Hall–Kier alpha value is -1.65. The number of hydrogen-bond acceptors (Lipinski definition) is 3. The first kappa shape index (κ1) is 17.2. The summed E-state index contributed by atoms with van der Waals surface area (Å²) in [5, 5.41) is 4.21. The van der Waals surface area contributed by atoms with Gasteiger partial charge in [-0.1, -0.05) is 42.8 Å². The van der Waals surface area contributed by atoms with E-state index in [0.29, 0.717) is 23.4 Å². The van der Waals surface area contributed by atoms with Crippen molar-refractivity contribution in [2.45, 2.75) is 30.0 Å². The Labute approximate surface area is 152 Å². The van der Waals surface area contributed by atoms with Gasteiger partial charge in [-0.05, 0) is 36.2 Å². The third-order valence-electron chi connectivity index (χ3n) is 4.09. The maximum absolute atomic E-state index is 12.4. The predicted molar refractivity (Wildman–Crippen MR) is 102 cm³/mol. The van der Waals surface area contributed by atoms with Gasteiger partial charge in [0, 0.05) is 28.3 Å². The Morgan fingerprint density at radius 3 is 2.92 bits per heavy atom. The summed E-state index contributed by atoms with van der Waals surface area (Å²) in [4.78, 5) is 15.8. The van der Waals surface area contributed by atoms with E-state index in [2.05, 4.69) is 35.3 Å². The lowest BCUT2D eigenvalue weighted by Crippen LogP contribution is -2.42. The molecule has 1 heterocycles. The zero-order valence-corrected chi connectivity index (χ0v) is 15.2. The summed E-state index contributed by atoms with van der Waals surface area (Å²) in [7, 11) is 0. The first-order chi connectivity index (χ1) is 11.7. The number of carbonyl (C=O) groups excluding carboxylic acids is 1. The maximum atomic E-state index is 12.4. The van der Waals surface area contributed by atoms with Crippen LogP contribution in [0.2, 0.25) is 5.02 Å². The molecule has 1 amide bonds. The molecule has 0 aliphatic carbocycles. The van der Waals surface area contributed by atoms with Crippen molar-refractivity contribution in [2.24, 2.45) is 0 Å². The van der Waals surface area contributed by atoms with E-state index in [1.54, 1.807) is 0 Å². The van der Waals surface area contributed by atoms with E-state index in [9.17, 15) is 4.79 Å². The molecule has 1 aliphatic heterocycles. The van der Waals surface area contributed by atoms with Crippen LogP contribution < -0.4 is 10.2 Å². The lowest BCUT2D eigenvalue weighted by atomic mass is 10.2. The van der Waals surface area contributed by atoms with Crippen LogP contribution in [0.3, 0.4) is 0 Å². The van der Waals surface area contributed by atoms with Crippen LogP contribution in [0.5, 0.6) is 0 Å². The molecule has 1 atom stereocenters. The number of rotatable bonds is 5. The highest BCUT2D eigenvalue weighted by atomic mass is 35.5. The van der Waals surface area contributed by atoms with Crippen LogP contribution in [0.25, 0.3) is 0 Å². The van der Waals surface area contributed by atoms with E-state index in [0.717, 1.165) is 24.2 Å². The van der Waals surface area contributed by atoms with Gasteiger partial charge in [-0.2, -0.15) is 0 Å². The van der Waals surface area contributed by atoms with Crippen molar-refractivity contribution < 1.29 is 4.79 Å². The molecule has 0 spiro atoms. The van der Waals surface area contributed by atoms with E-state index in [1.165, 1.54) is 4.90 Å². The molecule has 0 saturated carbocycles. The van der Waals surface area contributed by atoms with Crippen LogP contribution >= 0.6 is 23.4 Å². The second-order valence-corrected chi connectivity index (χ2v) is 7.68. The van der Waals surface area contributed by atoms with Gasteiger partial charge in [0.2, 0.25) is 5.91 Å². The van der Waals surface area contributed by atoms with E-state index in [4.69, 9.17) is 11.6 Å². The summed E-state index contributed by atoms with van der Waals surface area (Å²) in [5.74, 6) is 0.0338. The molecule has 1 aliphatic rings. The minimum Gasteiger partial charge on any atom is -0.360 e. The molecule has 0 radical (unpaired) electrons. The number of fused-ring (bicyclic) bond motifs is 1. The van der Waals surface area contributed by atoms with Crippen LogP contribution in [-0.2, 0) is 11.3 Å². The normalized spacial score (nSPS) is 16.6. The monoisotopic (exact) mass is 360 g/mol. The summed E-state index contributed by atoms with van der Waals surface area (Å²) in [6.07, 6.45) is 1.10. The van der Waals surface area contributed by atoms with Crippen LogP contribution in [0.4, 0.5) is 5.69 Å². The van der Waals surface area contributed by atoms with Crippen molar-refractivity contribution in [3.8, 4) is 0 Å². The number of amides is 1. The van der Waals surface area contributed by atoms with Gasteiger partial charge >= 0.3 is 0 Å². The third kappa shape index (κ3) is 4.25. The molecule has 24 heavy (non-hydrogen) atoms. The van der Waals surface area contributed by atoms with Gasteiger partial charge in [0.05, 0.1) is 12.2 Å². The summed E-state index contributed by atoms with van der Waals surface area (Å²) < 4.78 is 0. The van der Waals surface area contributed by atoms with Crippen LogP contribution in [0.1, 0.15) is 18.9 Å². The number of nitrogens with zero attached hydrogens (tertiary/aromatic N) is 1. The minimum atomic E-state index is 0.0338. The fraction of sp³-hybridized carbons (Fsp3) is 0.316. The van der Waals surface area contributed by atoms with E-state index >= 15 is 0 Å². The quantitative estimate of drug-likeness (QED) is 0.860. The van der Waals surface area contributed by atoms with E-state index in [1.807, 2.05) is 42.1 Å². The van der Waals surface area contributed by atoms with Crippen LogP contribution in [-0.4, -0.2) is 24.2 Å². The fourth-order valence-corrected chi connectivity index (χ4v) is 4.29. The van der Waals surface area contributed by atoms with Crippen molar-refractivity contribution in [1.82, 2.24) is 5.32 Å². The number of halogens is 1. The number of benzene rings is 2. The number of nitrogens with one attached hydrogen (secondary N) is 1. The summed E-state index contributed by atoms with van der Waals surface area (Å²) >= 11 is 7.89. The molecular weight excluding hydrogens is 340 g/mol. The van der Waals surface area contributed by atoms with Crippen molar-refractivity contribution in [3.63, 3.8) is 0 Å². The zero-order chi connectivity index (χ0) is 16.9. The lowest BCUT2D eigenvalue weighted by molar-refractivity contribution is -0.119. The number of thioether (sulfide) groups is 1. The molecule has 3 rings (SSSR count). The summed E-state index contributed by atoms with van der Waals surface area (Å²) in [6, 6.07) is 15.9. The molecule has 0 bridgehead atoms. The van der Waals surface area contributed by atoms with Crippen LogP contribution in [0, 0.1) is 0 Å².